The highest BCUT2D eigenvalue weighted by atomic mass is 16.7. The lowest BCUT2D eigenvalue weighted by atomic mass is 10.3. The van der Waals surface area contributed by atoms with Crippen LogP contribution in [-0.2, 0) is 9.63 Å². The van der Waals surface area contributed by atoms with Gasteiger partial charge in [-0.15, -0.1) is 0 Å². The molecule has 0 aromatic rings. The molecule has 82 valence electrons. The van der Waals surface area contributed by atoms with Crippen LogP contribution in [0.15, 0.2) is 0 Å². The van der Waals surface area contributed by atoms with Gasteiger partial charge in [0.15, 0.2) is 0 Å². The van der Waals surface area contributed by atoms with Crippen molar-refractivity contribution in [2.24, 2.45) is 0 Å². The molecule has 4 nitrogen and oxygen atoms in total. The van der Waals surface area contributed by atoms with Crippen LogP contribution in [0.4, 0.5) is 0 Å². The molecule has 0 aliphatic heterocycles. The molecule has 1 rings (SSSR count). The topological polar surface area (TPSA) is 50.4 Å². The number of rotatable bonds is 6. The lowest BCUT2D eigenvalue weighted by Gasteiger charge is -2.11. The van der Waals surface area contributed by atoms with Crippen molar-refractivity contribution in [2.75, 3.05) is 13.1 Å². The second-order valence-electron chi connectivity index (χ2n) is 3.65. The van der Waals surface area contributed by atoms with Gasteiger partial charge in [0.2, 0.25) is 5.91 Å². The standard InChI is InChI=1S/C10H20N2O2/c1-2-11-8-7-10(13)12-14-9-5-3-4-6-9/h9,11H,2-8H2,1H3,(H,12,13). The summed E-state index contributed by atoms with van der Waals surface area (Å²) < 4.78 is 0. The number of amides is 1. The van der Waals surface area contributed by atoms with E-state index in [1.807, 2.05) is 6.92 Å². The zero-order chi connectivity index (χ0) is 10.2. The molecule has 1 fully saturated rings. The smallest absolute Gasteiger partial charge is 0.244 e. The van der Waals surface area contributed by atoms with Gasteiger partial charge in [-0.2, -0.15) is 0 Å². The first-order chi connectivity index (χ1) is 6.83. The molecule has 1 aliphatic carbocycles. The van der Waals surface area contributed by atoms with Gasteiger partial charge in [0.05, 0.1) is 6.10 Å². The van der Waals surface area contributed by atoms with Crippen molar-refractivity contribution in [2.45, 2.75) is 45.1 Å². The maximum Gasteiger partial charge on any atom is 0.244 e. The van der Waals surface area contributed by atoms with Crippen molar-refractivity contribution in [3.8, 4) is 0 Å². The fourth-order valence-corrected chi connectivity index (χ4v) is 1.58. The van der Waals surface area contributed by atoms with Gasteiger partial charge in [-0.3, -0.25) is 9.63 Å². The van der Waals surface area contributed by atoms with E-state index < -0.39 is 0 Å². The number of carbonyl (C=O) groups is 1. The molecule has 0 spiro atoms. The molecule has 1 amide bonds. The van der Waals surface area contributed by atoms with Crippen LogP contribution < -0.4 is 10.8 Å². The lowest BCUT2D eigenvalue weighted by Crippen LogP contribution is -2.30. The Hall–Kier alpha value is -0.610. The van der Waals surface area contributed by atoms with Gasteiger partial charge < -0.3 is 5.32 Å². The summed E-state index contributed by atoms with van der Waals surface area (Å²) in [7, 11) is 0. The summed E-state index contributed by atoms with van der Waals surface area (Å²) >= 11 is 0. The predicted molar refractivity (Wildman–Crippen MR) is 54.6 cm³/mol. The Morgan fingerprint density at radius 3 is 2.79 bits per heavy atom. The third-order valence-corrected chi connectivity index (χ3v) is 2.42. The SMILES string of the molecule is CCNCCC(=O)NOC1CCCC1. The van der Waals surface area contributed by atoms with Crippen LogP contribution in [-0.4, -0.2) is 25.1 Å². The van der Waals surface area contributed by atoms with Crippen molar-refractivity contribution in [1.29, 1.82) is 0 Å². The molecule has 4 heteroatoms. The van der Waals surface area contributed by atoms with Crippen molar-refractivity contribution in [3.05, 3.63) is 0 Å². The molecule has 0 aromatic heterocycles. The van der Waals surface area contributed by atoms with Crippen molar-refractivity contribution < 1.29 is 9.63 Å². The van der Waals surface area contributed by atoms with E-state index in [0.29, 0.717) is 6.42 Å². The first kappa shape index (κ1) is 11.5. The Labute approximate surface area is 85.3 Å². The molecule has 0 saturated heterocycles. The van der Waals surface area contributed by atoms with Gasteiger partial charge in [-0.05, 0) is 19.4 Å². The van der Waals surface area contributed by atoms with E-state index in [4.69, 9.17) is 4.84 Å². The number of carbonyl (C=O) groups excluding carboxylic acids is 1. The van der Waals surface area contributed by atoms with E-state index >= 15 is 0 Å². The minimum atomic E-state index is -0.0298. The minimum Gasteiger partial charge on any atom is -0.316 e. The fourth-order valence-electron chi connectivity index (χ4n) is 1.58. The predicted octanol–water partition coefficient (Wildman–Crippen LogP) is 0.976. The Bertz CT molecular complexity index is 168. The van der Waals surface area contributed by atoms with Crippen LogP contribution in [0.25, 0.3) is 0 Å². The van der Waals surface area contributed by atoms with Crippen molar-refractivity contribution in [3.63, 3.8) is 0 Å². The molecular formula is C10H20N2O2. The molecule has 2 N–H and O–H groups in total. The molecule has 1 aliphatic rings. The van der Waals surface area contributed by atoms with Crippen LogP contribution in [0.1, 0.15) is 39.0 Å². The molecule has 0 unspecified atom stereocenters. The highest BCUT2D eigenvalue weighted by Gasteiger charge is 2.16. The summed E-state index contributed by atoms with van der Waals surface area (Å²) in [6, 6.07) is 0. The van der Waals surface area contributed by atoms with Crippen molar-refractivity contribution in [1.82, 2.24) is 10.8 Å². The summed E-state index contributed by atoms with van der Waals surface area (Å²) in [5, 5.41) is 3.09. The highest BCUT2D eigenvalue weighted by Crippen LogP contribution is 2.19. The van der Waals surface area contributed by atoms with Gasteiger partial charge in [0.1, 0.15) is 0 Å². The molecule has 0 atom stereocenters. The Morgan fingerprint density at radius 1 is 1.43 bits per heavy atom. The van der Waals surface area contributed by atoms with E-state index in [2.05, 4.69) is 10.8 Å². The van der Waals surface area contributed by atoms with Gasteiger partial charge in [0.25, 0.3) is 0 Å². The van der Waals surface area contributed by atoms with Gasteiger partial charge in [-0.1, -0.05) is 19.8 Å². The third-order valence-electron chi connectivity index (χ3n) is 2.42. The summed E-state index contributed by atoms with van der Waals surface area (Å²) in [5.74, 6) is -0.0298. The first-order valence-corrected chi connectivity index (χ1v) is 5.48. The van der Waals surface area contributed by atoms with Gasteiger partial charge in [-0.25, -0.2) is 5.48 Å². The van der Waals surface area contributed by atoms with E-state index in [9.17, 15) is 4.79 Å². The van der Waals surface area contributed by atoms with E-state index in [1.54, 1.807) is 0 Å². The van der Waals surface area contributed by atoms with E-state index in [0.717, 1.165) is 25.9 Å². The normalized spacial score (nSPS) is 17.2. The number of nitrogens with one attached hydrogen (secondary N) is 2. The van der Waals surface area contributed by atoms with Crippen LogP contribution >= 0.6 is 0 Å². The summed E-state index contributed by atoms with van der Waals surface area (Å²) in [4.78, 5) is 16.5. The monoisotopic (exact) mass is 200 g/mol. The molecule has 1 saturated carbocycles. The largest absolute Gasteiger partial charge is 0.316 e. The van der Waals surface area contributed by atoms with Gasteiger partial charge >= 0.3 is 0 Å². The second kappa shape index (κ2) is 6.79. The fraction of sp³-hybridized carbons (Fsp3) is 0.900. The Kier molecular flexibility index (Phi) is 5.56. The van der Waals surface area contributed by atoms with E-state index in [-0.39, 0.29) is 12.0 Å². The van der Waals surface area contributed by atoms with Crippen LogP contribution in [0.5, 0.6) is 0 Å². The average Bonchev–Trinajstić information content (AvgIpc) is 2.68. The molecule has 0 radical (unpaired) electrons. The maximum absolute atomic E-state index is 11.2. The van der Waals surface area contributed by atoms with Crippen LogP contribution in [0, 0.1) is 0 Å². The third kappa shape index (κ3) is 4.58. The summed E-state index contributed by atoms with van der Waals surface area (Å²) in [5.41, 5.74) is 2.50. The second-order valence-corrected chi connectivity index (χ2v) is 3.65. The van der Waals surface area contributed by atoms with Crippen molar-refractivity contribution >= 4 is 5.91 Å². The van der Waals surface area contributed by atoms with Gasteiger partial charge in [0, 0.05) is 13.0 Å². The Balaban J connectivity index is 1.96. The lowest BCUT2D eigenvalue weighted by molar-refractivity contribution is -0.138. The molecule has 0 aromatic carbocycles. The number of hydrogen-bond acceptors (Lipinski definition) is 3. The zero-order valence-electron chi connectivity index (χ0n) is 8.84. The highest BCUT2D eigenvalue weighted by molar-refractivity contribution is 5.74. The Morgan fingerprint density at radius 2 is 2.14 bits per heavy atom. The number of hydrogen-bond donors (Lipinski definition) is 2. The number of hydroxylamine groups is 1. The molecule has 0 heterocycles. The molecule has 14 heavy (non-hydrogen) atoms. The molecular weight excluding hydrogens is 180 g/mol. The van der Waals surface area contributed by atoms with Crippen LogP contribution in [0.2, 0.25) is 0 Å². The summed E-state index contributed by atoms with van der Waals surface area (Å²) in [6.45, 7) is 3.64. The zero-order valence-corrected chi connectivity index (χ0v) is 8.84. The average molecular weight is 200 g/mol. The maximum atomic E-state index is 11.2. The molecule has 0 bridgehead atoms. The quantitative estimate of drug-likeness (QED) is 0.496. The summed E-state index contributed by atoms with van der Waals surface area (Å²) in [6.07, 6.45) is 5.33. The minimum absolute atomic E-state index is 0.0298. The van der Waals surface area contributed by atoms with Crippen LogP contribution in [0.3, 0.4) is 0 Å². The first-order valence-electron chi connectivity index (χ1n) is 5.48. The van der Waals surface area contributed by atoms with E-state index in [1.165, 1.54) is 12.8 Å².